The van der Waals surface area contributed by atoms with Crippen molar-refractivity contribution in [1.82, 2.24) is 4.72 Å². The quantitative estimate of drug-likeness (QED) is 0.717. The van der Waals surface area contributed by atoms with Crippen LogP contribution in [0.15, 0.2) is 29.2 Å². The van der Waals surface area contributed by atoms with Gasteiger partial charge in [-0.1, -0.05) is 13.3 Å². The zero-order valence-corrected chi connectivity index (χ0v) is 12.6. The van der Waals surface area contributed by atoms with E-state index in [-0.39, 0.29) is 17.1 Å². The lowest BCUT2D eigenvalue weighted by atomic mass is 10.2. The Morgan fingerprint density at radius 3 is 2.36 bits per heavy atom. The molecule has 0 saturated heterocycles. The standard InChI is InChI=1S/C13H17F2NO5S/c1-2-3-11(13(17)18)16-22(19,20)10-6-4-9(5-7-10)21-8-12(14)15/h4-7,11-12,16H,2-3,8H2,1H3,(H,17,18). The molecule has 1 unspecified atom stereocenters. The van der Waals surface area contributed by atoms with Gasteiger partial charge < -0.3 is 9.84 Å². The molecular formula is C13H17F2NO5S. The maximum absolute atomic E-state index is 12.1. The highest BCUT2D eigenvalue weighted by Crippen LogP contribution is 2.17. The van der Waals surface area contributed by atoms with Crippen molar-refractivity contribution in [3.05, 3.63) is 24.3 Å². The highest BCUT2D eigenvalue weighted by atomic mass is 32.2. The van der Waals surface area contributed by atoms with Gasteiger partial charge in [0, 0.05) is 0 Å². The maximum Gasteiger partial charge on any atom is 0.321 e. The van der Waals surface area contributed by atoms with Crippen LogP contribution in [-0.2, 0) is 14.8 Å². The second kappa shape index (κ2) is 8.04. The van der Waals surface area contributed by atoms with Gasteiger partial charge in [0.2, 0.25) is 10.0 Å². The molecule has 2 N–H and O–H groups in total. The molecule has 1 atom stereocenters. The van der Waals surface area contributed by atoms with Gasteiger partial charge in [0.05, 0.1) is 4.90 Å². The Labute approximate surface area is 127 Å². The average Bonchev–Trinajstić information content (AvgIpc) is 2.44. The van der Waals surface area contributed by atoms with Gasteiger partial charge in [-0.2, -0.15) is 4.72 Å². The maximum atomic E-state index is 12.1. The molecule has 6 nitrogen and oxygen atoms in total. The van der Waals surface area contributed by atoms with E-state index in [9.17, 15) is 22.0 Å². The zero-order valence-electron chi connectivity index (χ0n) is 11.8. The molecule has 1 aromatic carbocycles. The normalized spacial score (nSPS) is 13.1. The largest absolute Gasteiger partial charge is 0.488 e. The van der Waals surface area contributed by atoms with E-state index < -0.39 is 35.1 Å². The van der Waals surface area contributed by atoms with Crippen LogP contribution in [-0.4, -0.2) is 38.6 Å². The van der Waals surface area contributed by atoms with Crippen LogP contribution >= 0.6 is 0 Å². The number of ether oxygens (including phenoxy) is 1. The number of benzene rings is 1. The Kier molecular flexibility index (Phi) is 6.69. The van der Waals surface area contributed by atoms with Gasteiger partial charge in [-0.05, 0) is 30.7 Å². The second-order valence-corrected chi connectivity index (χ2v) is 6.19. The molecule has 0 bridgehead atoms. The van der Waals surface area contributed by atoms with Crippen molar-refractivity contribution >= 4 is 16.0 Å². The van der Waals surface area contributed by atoms with Gasteiger partial charge in [0.1, 0.15) is 18.4 Å². The molecule has 0 aliphatic heterocycles. The van der Waals surface area contributed by atoms with Crippen molar-refractivity contribution in [2.24, 2.45) is 0 Å². The number of hydrogen-bond donors (Lipinski definition) is 2. The van der Waals surface area contributed by atoms with Gasteiger partial charge in [-0.15, -0.1) is 0 Å². The monoisotopic (exact) mass is 337 g/mol. The molecule has 1 aromatic rings. The summed E-state index contributed by atoms with van der Waals surface area (Å²) in [5.41, 5.74) is 0. The fourth-order valence-corrected chi connectivity index (χ4v) is 2.87. The van der Waals surface area contributed by atoms with Crippen LogP contribution < -0.4 is 9.46 Å². The Morgan fingerprint density at radius 2 is 1.91 bits per heavy atom. The molecule has 0 aliphatic rings. The summed E-state index contributed by atoms with van der Waals surface area (Å²) in [6.45, 7) is 0.946. The first-order chi connectivity index (χ1) is 10.3. The fourth-order valence-electron chi connectivity index (χ4n) is 1.65. The number of halogens is 2. The van der Waals surface area contributed by atoms with Crippen molar-refractivity contribution in [1.29, 1.82) is 0 Å². The van der Waals surface area contributed by atoms with E-state index in [0.717, 1.165) is 12.1 Å². The summed E-state index contributed by atoms with van der Waals surface area (Å²) < 4.78 is 54.9. The third kappa shape index (κ3) is 5.57. The van der Waals surface area contributed by atoms with Crippen molar-refractivity contribution in [3.63, 3.8) is 0 Å². The average molecular weight is 337 g/mol. The Hall–Kier alpha value is -1.74. The van der Waals surface area contributed by atoms with E-state index in [1.165, 1.54) is 12.1 Å². The van der Waals surface area contributed by atoms with Crippen molar-refractivity contribution in [2.75, 3.05) is 6.61 Å². The summed E-state index contributed by atoms with van der Waals surface area (Å²) in [6.07, 6.45) is -1.97. The van der Waals surface area contributed by atoms with E-state index >= 15 is 0 Å². The van der Waals surface area contributed by atoms with E-state index in [2.05, 4.69) is 4.72 Å². The third-order valence-electron chi connectivity index (χ3n) is 2.68. The molecule has 22 heavy (non-hydrogen) atoms. The topological polar surface area (TPSA) is 92.7 Å². The number of carbonyl (C=O) groups is 1. The molecule has 0 aromatic heterocycles. The predicted octanol–water partition coefficient (Wildman–Crippen LogP) is 1.86. The summed E-state index contributed by atoms with van der Waals surface area (Å²) >= 11 is 0. The highest BCUT2D eigenvalue weighted by Gasteiger charge is 2.24. The molecule has 0 fully saturated rings. The van der Waals surface area contributed by atoms with Gasteiger partial charge in [0.25, 0.3) is 6.43 Å². The molecule has 0 spiro atoms. The number of alkyl halides is 2. The third-order valence-corrected chi connectivity index (χ3v) is 4.17. The summed E-state index contributed by atoms with van der Waals surface area (Å²) in [7, 11) is -4.01. The fraction of sp³-hybridized carbons (Fsp3) is 0.462. The molecule has 0 aliphatic carbocycles. The first-order valence-electron chi connectivity index (χ1n) is 6.52. The molecule has 0 saturated carbocycles. The number of rotatable bonds is 9. The van der Waals surface area contributed by atoms with Crippen molar-refractivity contribution in [2.45, 2.75) is 37.1 Å². The molecule has 0 radical (unpaired) electrons. The number of hydrogen-bond acceptors (Lipinski definition) is 4. The van der Waals surface area contributed by atoms with Crippen molar-refractivity contribution in [3.8, 4) is 5.75 Å². The Bertz CT molecular complexity index is 589. The SMILES string of the molecule is CCCC(NS(=O)(=O)c1ccc(OCC(F)F)cc1)C(=O)O. The summed E-state index contributed by atoms with van der Waals surface area (Å²) in [5, 5.41) is 8.96. The van der Waals surface area contributed by atoms with Crippen LogP contribution in [0.2, 0.25) is 0 Å². The lowest BCUT2D eigenvalue weighted by Crippen LogP contribution is -2.40. The Morgan fingerprint density at radius 1 is 1.32 bits per heavy atom. The first kappa shape index (κ1) is 18.3. The minimum absolute atomic E-state index is 0.0996. The van der Waals surface area contributed by atoms with Gasteiger partial charge in [-0.3, -0.25) is 4.79 Å². The van der Waals surface area contributed by atoms with Crippen LogP contribution in [0.4, 0.5) is 8.78 Å². The molecule has 0 amide bonds. The minimum Gasteiger partial charge on any atom is -0.488 e. The molecule has 1 rings (SSSR count). The molecular weight excluding hydrogens is 320 g/mol. The number of carboxylic acid groups (broad SMARTS) is 1. The summed E-state index contributed by atoms with van der Waals surface area (Å²) in [4.78, 5) is 10.8. The van der Waals surface area contributed by atoms with Crippen LogP contribution in [0.5, 0.6) is 5.75 Å². The number of aliphatic carboxylic acids is 1. The van der Waals surface area contributed by atoms with Crippen LogP contribution in [0, 0.1) is 0 Å². The Balaban J connectivity index is 2.82. The summed E-state index contributed by atoms with van der Waals surface area (Å²) in [5.74, 6) is -1.16. The van der Waals surface area contributed by atoms with E-state index in [0.29, 0.717) is 6.42 Å². The van der Waals surface area contributed by atoms with E-state index in [1.807, 2.05) is 0 Å². The number of carboxylic acids is 1. The molecule has 9 heteroatoms. The zero-order chi connectivity index (χ0) is 16.8. The number of nitrogens with one attached hydrogen (secondary N) is 1. The minimum atomic E-state index is -4.01. The summed E-state index contributed by atoms with van der Waals surface area (Å²) in [6, 6.07) is 3.56. The lowest BCUT2D eigenvalue weighted by Gasteiger charge is -2.14. The smallest absolute Gasteiger partial charge is 0.321 e. The van der Waals surface area contributed by atoms with E-state index in [1.54, 1.807) is 6.92 Å². The van der Waals surface area contributed by atoms with Gasteiger partial charge in [-0.25, -0.2) is 17.2 Å². The van der Waals surface area contributed by atoms with Crippen LogP contribution in [0.3, 0.4) is 0 Å². The molecule has 124 valence electrons. The molecule has 0 heterocycles. The van der Waals surface area contributed by atoms with E-state index in [4.69, 9.17) is 9.84 Å². The first-order valence-corrected chi connectivity index (χ1v) is 8.00. The lowest BCUT2D eigenvalue weighted by molar-refractivity contribution is -0.139. The van der Waals surface area contributed by atoms with Gasteiger partial charge >= 0.3 is 5.97 Å². The van der Waals surface area contributed by atoms with Crippen molar-refractivity contribution < 1.29 is 31.8 Å². The predicted molar refractivity (Wildman–Crippen MR) is 74.6 cm³/mol. The number of sulfonamides is 1. The van der Waals surface area contributed by atoms with Gasteiger partial charge in [0.15, 0.2) is 0 Å². The second-order valence-electron chi connectivity index (χ2n) is 4.47. The van der Waals surface area contributed by atoms with Crippen LogP contribution in [0.25, 0.3) is 0 Å². The highest BCUT2D eigenvalue weighted by molar-refractivity contribution is 7.89. The van der Waals surface area contributed by atoms with Crippen LogP contribution in [0.1, 0.15) is 19.8 Å².